The van der Waals surface area contributed by atoms with E-state index in [1.165, 1.54) is 6.07 Å². The Hall–Kier alpha value is -0.660. The summed E-state index contributed by atoms with van der Waals surface area (Å²) >= 11 is 2.98. The standard InChI is InChI=1S/C13H20BrFN2O2S/c1-4-13(5-2,6-3)17-20(18,19)12-7-9(14)10(15)8-11(12)16/h7-8,17H,4-6,16H2,1-3H3. The van der Waals surface area contributed by atoms with E-state index in [0.717, 1.165) is 6.07 Å². The second-order valence-corrected chi connectivity index (χ2v) is 7.26. The Bertz CT molecular complexity index is 578. The lowest BCUT2D eigenvalue weighted by Crippen LogP contribution is -2.47. The summed E-state index contributed by atoms with van der Waals surface area (Å²) in [5.41, 5.74) is 5.03. The number of nitrogens with two attached hydrogens (primary N) is 1. The molecule has 0 saturated carbocycles. The molecule has 0 unspecified atom stereocenters. The van der Waals surface area contributed by atoms with Crippen molar-refractivity contribution in [2.24, 2.45) is 0 Å². The van der Waals surface area contributed by atoms with Gasteiger partial charge < -0.3 is 5.73 Å². The van der Waals surface area contributed by atoms with Gasteiger partial charge in [-0.15, -0.1) is 0 Å². The normalized spacial score (nSPS) is 12.7. The van der Waals surface area contributed by atoms with E-state index in [0.29, 0.717) is 19.3 Å². The van der Waals surface area contributed by atoms with E-state index < -0.39 is 21.4 Å². The van der Waals surface area contributed by atoms with Crippen LogP contribution < -0.4 is 10.5 Å². The molecule has 0 aromatic heterocycles. The molecule has 0 radical (unpaired) electrons. The van der Waals surface area contributed by atoms with E-state index in [1.54, 1.807) is 0 Å². The summed E-state index contributed by atoms with van der Waals surface area (Å²) in [4.78, 5) is -0.106. The molecule has 7 heteroatoms. The number of halogens is 2. The van der Waals surface area contributed by atoms with Crippen molar-refractivity contribution in [3.05, 3.63) is 22.4 Å². The first-order valence-electron chi connectivity index (χ1n) is 6.49. The van der Waals surface area contributed by atoms with Gasteiger partial charge in [0.05, 0.1) is 10.2 Å². The molecule has 1 aromatic rings. The molecule has 20 heavy (non-hydrogen) atoms. The van der Waals surface area contributed by atoms with Gasteiger partial charge in [-0.25, -0.2) is 17.5 Å². The Labute approximate surface area is 128 Å². The molecule has 0 aliphatic rings. The molecule has 4 nitrogen and oxygen atoms in total. The lowest BCUT2D eigenvalue weighted by Gasteiger charge is -2.31. The van der Waals surface area contributed by atoms with Crippen LogP contribution in [0, 0.1) is 5.82 Å². The molecule has 1 aromatic carbocycles. The number of anilines is 1. The smallest absolute Gasteiger partial charge is 0.243 e. The fourth-order valence-electron chi connectivity index (χ4n) is 2.08. The van der Waals surface area contributed by atoms with Gasteiger partial charge in [0.25, 0.3) is 0 Å². The van der Waals surface area contributed by atoms with Gasteiger partial charge in [-0.3, -0.25) is 0 Å². The second-order valence-electron chi connectivity index (χ2n) is 4.75. The van der Waals surface area contributed by atoms with Crippen molar-refractivity contribution in [3.8, 4) is 0 Å². The first-order chi connectivity index (χ1) is 9.21. The van der Waals surface area contributed by atoms with E-state index in [4.69, 9.17) is 5.73 Å². The third-order valence-electron chi connectivity index (χ3n) is 3.72. The predicted molar refractivity (Wildman–Crippen MR) is 82.4 cm³/mol. The van der Waals surface area contributed by atoms with Crippen molar-refractivity contribution in [1.29, 1.82) is 0 Å². The maximum atomic E-state index is 13.3. The van der Waals surface area contributed by atoms with E-state index in [9.17, 15) is 12.8 Å². The zero-order chi connectivity index (χ0) is 15.6. The van der Waals surface area contributed by atoms with Crippen LogP contribution in [-0.4, -0.2) is 14.0 Å². The molecular weight excluding hydrogens is 347 g/mol. The maximum Gasteiger partial charge on any atom is 0.243 e. The van der Waals surface area contributed by atoms with Gasteiger partial charge in [-0.2, -0.15) is 0 Å². The fraction of sp³-hybridized carbons (Fsp3) is 0.538. The third kappa shape index (κ3) is 3.51. The van der Waals surface area contributed by atoms with Crippen LogP contribution in [0.4, 0.5) is 10.1 Å². The van der Waals surface area contributed by atoms with Crippen LogP contribution in [0.2, 0.25) is 0 Å². The molecule has 3 N–H and O–H groups in total. The van der Waals surface area contributed by atoms with E-state index in [-0.39, 0.29) is 15.1 Å². The van der Waals surface area contributed by atoms with E-state index in [1.807, 2.05) is 20.8 Å². The Kier molecular flexibility index (Phi) is 5.57. The number of hydrogen-bond acceptors (Lipinski definition) is 3. The van der Waals surface area contributed by atoms with Gasteiger partial charge >= 0.3 is 0 Å². The molecule has 0 spiro atoms. The fourth-order valence-corrected chi connectivity index (χ4v) is 4.33. The summed E-state index contributed by atoms with van der Waals surface area (Å²) in [5, 5.41) is 0. The van der Waals surface area contributed by atoms with Crippen LogP contribution >= 0.6 is 15.9 Å². The van der Waals surface area contributed by atoms with Crippen LogP contribution in [0.1, 0.15) is 40.0 Å². The number of rotatable bonds is 6. The zero-order valence-corrected chi connectivity index (χ0v) is 14.2. The zero-order valence-electron chi connectivity index (χ0n) is 11.8. The number of hydrogen-bond donors (Lipinski definition) is 2. The topological polar surface area (TPSA) is 72.2 Å². The van der Waals surface area contributed by atoms with Gasteiger partial charge in [0.15, 0.2) is 0 Å². The third-order valence-corrected chi connectivity index (χ3v) is 5.97. The molecule has 0 atom stereocenters. The van der Waals surface area contributed by atoms with Crippen molar-refractivity contribution >= 4 is 31.6 Å². The highest BCUT2D eigenvalue weighted by Crippen LogP contribution is 2.29. The maximum absolute atomic E-state index is 13.3. The van der Waals surface area contributed by atoms with Crippen LogP contribution in [0.3, 0.4) is 0 Å². The summed E-state index contributed by atoms with van der Waals surface area (Å²) in [6.07, 6.45) is 2.00. The summed E-state index contributed by atoms with van der Waals surface area (Å²) in [6, 6.07) is 2.20. The van der Waals surface area contributed by atoms with Gasteiger partial charge in [-0.05, 0) is 47.3 Å². The van der Waals surface area contributed by atoms with Crippen LogP contribution in [0.25, 0.3) is 0 Å². The molecule has 0 heterocycles. The van der Waals surface area contributed by atoms with Crippen molar-refractivity contribution in [3.63, 3.8) is 0 Å². The predicted octanol–water partition coefficient (Wildman–Crippen LogP) is 3.42. The van der Waals surface area contributed by atoms with E-state index in [2.05, 4.69) is 20.7 Å². The van der Waals surface area contributed by atoms with Crippen molar-refractivity contribution < 1.29 is 12.8 Å². The highest BCUT2D eigenvalue weighted by atomic mass is 79.9. The first-order valence-corrected chi connectivity index (χ1v) is 8.77. The van der Waals surface area contributed by atoms with Gasteiger partial charge in [0, 0.05) is 5.54 Å². The lowest BCUT2D eigenvalue weighted by atomic mass is 9.91. The summed E-state index contributed by atoms with van der Waals surface area (Å²) in [5.74, 6) is -0.589. The summed E-state index contributed by atoms with van der Waals surface area (Å²) < 4.78 is 41.1. The highest BCUT2D eigenvalue weighted by Gasteiger charge is 2.31. The highest BCUT2D eigenvalue weighted by molar-refractivity contribution is 9.10. The molecule has 0 fully saturated rings. The van der Waals surface area contributed by atoms with Crippen molar-refractivity contribution in [2.45, 2.75) is 50.5 Å². The van der Waals surface area contributed by atoms with Crippen LogP contribution in [0.15, 0.2) is 21.5 Å². The van der Waals surface area contributed by atoms with Crippen molar-refractivity contribution in [1.82, 2.24) is 4.72 Å². The number of nitrogens with one attached hydrogen (secondary N) is 1. The van der Waals surface area contributed by atoms with Gasteiger partial charge in [-0.1, -0.05) is 20.8 Å². The molecule has 0 aliphatic heterocycles. The summed E-state index contributed by atoms with van der Waals surface area (Å²) in [7, 11) is -3.80. The minimum absolute atomic E-state index is 0.0715. The van der Waals surface area contributed by atoms with Crippen molar-refractivity contribution in [2.75, 3.05) is 5.73 Å². The minimum atomic E-state index is -3.80. The number of nitrogen functional groups attached to an aromatic ring is 1. The number of benzene rings is 1. The van der Waals surface area contributed by atoms with Gasteiger partial charge in [0.1, 0.15) is 10.7 Å². The minimum Gasteiger partial charge on any atom is -0.398 e. The molecule has 0 saturated heterocycles. The molecule has 1 rings (SSSR count). The van der Waals surface area contributed by atoms with E-state index >= 15 is 0 Å². The number of sulfonamides is 1. The monoisotopic (exact) mass is 366 g/mol. The Morgan fingerprint density at radius 2 is 1.75 bits per heavy atom. The van der Waals surface area contributed by atoms with Crippen LogP contribution in [0.5, 0.6) is 0 Å². The average Bonchev–Trinajstić information content (AvgIpc) is 2.40. The summed E-state index contributed by atoms with van der Waals surface area (Å²) in [6.45, 7) is 5.79. The first kappa shape index (κ1) is 17.4. The van der Waals surface area contributed by atoms with Crippen LogP contribution in [-0.2, 0) is 10.0 Å². The Balaban J connectivity index is 3.28. The molecule has 0 bridgehead atoms. The Morgan fingerprint density at radius 3 is 2.20 bits per heavy atom. The molecule has 0 amide bonds. The van der Waals surface area contributed by atoms with Gasteiger partial charge in [0.2, 0.25) is 10.0 Å². The second kappa shape index (κ2) is 6.41. The Morgan fingerprint density at radius 1 is 1.25 bits per heavy atom. The SMILES string of the molecule is CCC(CC)(CC)NS(=O)(=O)c1cc(Br)c(F)cc1N. The quantitative estimate of drug-likeness (QED) is 0.757. The lowest BCUT2D eigenvalue weighted by molar-refractivity contribution is 0.342. The molecule has 114 valence electrons. The largest absolute Gasteiger partial charge is 0.398 e. The molecule has 0 aliphatic carbocycles. The molecular formula is C13H20BrFN2O2S. The average molecular weight is 367 g/mol.